The van der Waals surface area contributed by atoms with Crippen LogP contribution in [-0.4, -0.2) is 68.5 Å². The van der Waals surface area contributed by atoms with Crippen LogP contribution in [0.4, 0.5) is 0 Å². The summed E-state index contributed by atoms with van der Waals surface area (Å²) in [6.07, 6.45) is 101. The van der Waals surface area contributed by atoms with Crippen LogP contribution < -0.4 is 10.2 Å². The minimum atomic E-state index is -4.59. The van der Waals surface area contributed by atoms with E-state index in [2.05, 4.69) is 153 Å². The average Bonchev–Trinajstić information content (AvgIpc) is 3.71. The fourth-order valence-electron chi connectivity index (χ4n) is 10.1. The van der Waals surface area contributed by atoms with Crippen LogP contribution in [0.2, 0.25) is 0 Å². The van der Waals surface area contributed by atoms with Crippen LogP contribution in [0.5, 0.6) is 0 Å². The molecular formula is C78H137N2O6P. The van der Waals surface area contributed by atoms with E-state index in [0.29, 0.717) is 23.9 Å². The van der Waals surface area contributed by atoms with E-state index in [1.807, 2.05) is 21.1 Å². The number of quaternary nitrogens is 1. The number of phosphoric acid groups is 1. The van der Waals surface area contributed by atoms with E-state index >= 15 is 0 Å². The number of nitrogens with zero attached hydrogens (tertiary/aromatic N) is 1. The molecular weight excluding hydrogens is 1090 g/mol. The smallest absolute Gasteiger partial charge is 0.268 e. The van der Waals surface area contributed by atoms with E-state index in [0.717, 1.165) is 122 Å². The molecule has 0 spiro atoms. The van der Waals surface area contributed by atoms with Gasteiger partial charge in [-0.05, 0) is 96.3 Å². The fraction of sp³-hybridized carbons (Fsp3) is 0.705. The monoisotopic (exact) mass is 1230 g/mol. The molecule has 0 bridgehead atoms. The Bertz CT molecular complexity index is 1880. The van der Waals surface area contributed by atoms with Crippen LogP contribution in [0.25, 0.3) is 0 Å². The van der Waals surface area contributed by atoms with Crippen LogP contribution in [-0.2, 0) is 18.4 Å². The number of unbranched alkanes of at least 4 members (excludes halogenated alkanes) is 30. The van der Waals surface area contributed by atoms with Gasteiger partial charge in [-0.25, -0.2) is 0 Å². The summed E-state index contributed by atoms with van der Waals surface area (Å²) in [5.41, 5.74) is 0. The lowest BCUT2D eigenvalue weighted by Gasteiger charge is -2.30. The second-order valence-electron chi connectivity index (χ2n) is 25.2. The number of hydrogen-bond acceptors (Lipinski definition) is 6. The number of aliphatic hydroxyl groups is 1. The minimum absolute atomic E-state index is 0.00416. The van der Waals surface area contributed by atoms with Gasteiger partial charge in [-0.2, -0.15) is 0 Å². The second-order valence-corrected chi connectivity index (χ2v) is 26.6. The molecule has 8 nitrogen and oxygen atoms in total. The molecule has 0 aliphatic heterocycles. The summed E-state index contributed by atoms with van der Waals surface area (Å²) in [5, 5.41) is 14.1. The maximum absolute atomic E-state index is 13.1. The quantitative estimate of drug-likeness (QED) is 0.0272. The van der Waals surface area contributed by atoms with Gasteiger partial charge in [-0.3, -0.25) is 9.36 Å². The van der Waals surface area contributed by atoms with E-state index in [1.165, 1.54) is 154 Å². The van der Waals surface area contributed by atoms with Crippen molar-refractivity contribution >= 4 is 13.7 Å². The molecule has 0 heterocycles. The van der Waals surface area contributed by atoms with Gasteiger partial charge in [0.1, 0.15) is 13.2 Å². The lowest BCUT2D eigenvalue weighted by molar-refractivity contribution is -0.870. The van der Waals surface area contributed by atoms with Crippen LogP contribution in [0, 0.1) is 0 Å². The molecule has 0 aromatic carbocycles. The van der Waals surface area contributed by atoms with Crippen molar-refractivity contribution in [1.82, 2.24) is 5.32 Å². The van der Waals surface area contributed by atoms with Gasteiger partial charge in [0.2, 0.25) is 5.91 Å². The van der Waals surface area contributed by atoms with Crippen molar-refractivity contribution in [2.24, 2.45) is 0 Å². The molecule has 3 unspecified atom stereocenters. The zero-order valence-electron chi connectivity index (χ0n) is 57.2. The molecule has 500 valence electrons. The van der Waals surface area contributed by atoms with Crippen molar-refractivity contribution in [3.63, 3.8) is 0 Å². The Morgan fingerprint density at radius 3 is 1.02 bits per heavy atom. The topological polar surface area (TPSA) is 108 Å². The third-order valence-corrected chi connectivity index (χ3v) is 16.6. The van der Waals surface area contributed by atoms with Gasteiger partial charge in [0, 0.05) is 6.42 Å². The summed E-state index contributed by atoms with van der Waals surface area (Å²) in [5.74, 6) is -0.178. The number of rotatable bonds is 65. The lowest BCUT2D eigenvalue weighted by Crippen LogP contribution is -2.46. The number of nitrogens with one attached hydrogen (secondary N) is 1. The third-order valence-electron chi connectivity index (χ3n) is 15.7. The van der Waals surface area contributed by atoms with E-state index in [-0.39, 0.29) is 19.1 Å². The highest BCUT2D eigenvalue weighted by atomic mass is 31.2. The number of likely N-dealkylation sites (N-methyl/N-ethyl adjacent to an activating group) is 1. The molecule has 0 aliphatic carbocycles. The van der Waals surface area contributed by atoms with E-state index < -0.39 is 20.0 Å². The summed E-state index contributed by atoms with van der Waals surface area (Å²) in [7, 11) is 1.29. The van der Waals surface area contributed by atoms with Gasteiger partial charge in [0.05, 0.1) is 39.9 Å². The van der Waals surface area contributed by atoms with Gasteiger partial charge in [-0.1, -0.05) is 334 Å². The number of carbonyl (C=O) groups excluding carboxylic acids is 1. The van der Waals surface area contributed by atoms with Crippen molar-refractivity contribution < 1.29 is 32.9 Å². The third kappa shape index (κ3) is 70.0. The van der Waals surface area contributed by atoms with E-state index in [1.54, 1.807) is 0 Å². The summed E-state index contributed by atoms with van der Waals surface area (Å²) in [6, 6.07) is -0.818. The first-order valence-corrected chi connectivity index (χ1v) is 37.5. The summed E-state index contributed by atoms with van der Waals surface area (Å²) < 4.78 is 23.5. The lowest BCUT2D eigenvalue weighted by atomic mass is 10.0. The summed E-state index contributed by atoms with van der Waals surface area (Å²) in [4.78, 5) is 25.7. The van der Waals surface area contributed by atoms with Gasteiger partial charge in [0.15, 0.2) is 0 Å². The highest BCUT2D eigenvalue weighted by molar-refractivity contribution is 7.45. The van der Waals surface area contributed by atoms with Gasteiger partial charge < -0.3 is 28.8 Å². The molecule has 1 amide bonds. The molecule has 3 atom stereocenters. The molecule has 9 heteroatoms. The van der Waals surface area contributed by atoms with E-state index in [9.17, 15) is 19.4 Å². The Labute approximate surface area is 538 Å². The molecule has 0 saturated heterocycles. The van der Waals surface area contributed by atoms with Gasteiger partial charge >= 0.3 is 0 Å². The normalized spacial score (nSPS) is 14.4. The van der Waals surface area contributed by atoms with Crippen molar-refractivity contribution in [1.29, 1.82) is 0 Å². The maximum Gasteiger partial charge on any atom is 0.268 e. The number of allylic oxidation sites excluding steroid dienone is 22. The first-order valence-electron chi connectivity index (χ1n) is 36.0. The largest absolute Gasteiger partial charge is 0.756 e. The first kappa shape index (κ1) is 83.6. The van der Waals surface area contributed by atoms with Crippen molar-refractivity contribution in [3.05, 3.63) is 134 Å². The molecule has 0 fully saturated rings. The summed E-state index contributed by atoms with van der Waals surface area (Å²) in [6.45, 7) is 4.62. The Kier molecular flexibility index (Phi) is 64.5. The molecule has 0 rings (SSSR count). The van der Waals surface area contributed by atoms with Crippen LogP contribution in [0.15, 0.2) is 134 Å². The minimum Gasteiger partial charge on any atom is -0.756 e. The van der Waals surface area contributed by atoms with E-state index in [4.69, 9.17) is 9.05 Å². The Morgan fingerprint density at radius 1 is 0.414 bits per heavy atom. The standard InChI is InChI=1S/C78H137N2O6P/c1-6-8-10-12-14-16-18-20-22-24-26-28-30-32-33-34-35-36-37-38-39-40-41-42-43-44-45-46-47-48-50-52-54-56-58-60-62-64-66-68-70-72-78(82)79-76(75-86-87(83,84)85-74-73-80(3,4)5)77(81)71-69-67-65-63-61-59-57-55-53-51-49-31-29-27-25-23-21-19-17-15-13-11-9-7-2/h8,10,14,16,20,22,26,28,32-33,35-36,38-39,41-42,44-45,47-48,52,54,76-77,81H,6-7,9,11-13,15,17-19,21,23-25,27,29-31,34,37,40,43,46,49-51,53,55-75H2,1-5H3,(H-,79,82,83,84)/b10-8-,16-14-,22-20-,28-26-,33-32-,36-35-,39-38-,42-41-,45-44-,48-47-,54-52-. The molecule has 2 N–H and O–H groups in total. The zero-order chi connectivity index (χ0) is 63.4. The Hall–Kier alpha value is -3.36. The summed E-state index contributed by atoms with van der Waals surface area (Å²) >= 11 is 0. The SMILES string of the molecule is CC/C=C\C/C=C\C/C=C\C/C=C\C/C=C\C/C=C\C/C=C\C/C=C\C/C=C\C/C=C\C/C=C\CCCCCCCCCC(=O)NC(COP(=O)([O-])OCC[N+](C)(C)C)C(O)CCCCCCCCCCCCCCCCCCCCCCCCCC. The Balaban J connectivity index is 4.12. The highest BCUT2D eigenvalue weighted by Crippen LogP contribution is 2.38. The molecule has 0 aromatic heterocycles. The predicted octanol–water partition coefficient (Wildman–Crippen LogP) is 22.8. The van der Waals surface area contributed by atoms with Gasteiger partial charge in [0.25, 0.3) is 7.82 Å². The molecule has 0 aliphatic rings. The molecule has 0 saturated carbocycles. The number of hydrogen-bond donors (Lipinski definition) is 2. The second kappa shape index (κ2) is 67.0. The Morgan fingerprint density at radius 2 is 0.701 bits per heavy atom. The number of amides is 1. The van der Waals surface area contributed by atoms with Gasteiger partial charge in [-0.15, -0.1) is 0 Å². The molecule has 0 radical (unpaired) electrons. The number of aliphatic hydroxyl groups excluding tert-OH is 1. The van der Waals surface area contributed by atoms with Crippen molar-refractivity contribution in [3.8, 4) is 0 Å². The number of phosphoric ester groups is 1. The number of carbonyl (C=O) groups is 1. The van der Waals surface area contributed by atoms with Crippen LogP contribution in [0.3, 0.4) is 0 Å². The molecule has 87 heavy (non-hydrogen) atoms. The first-order chi connectivity index (χ1) is 42.5. The average molecular weight is 1230 g/mol. The van der Waals surface area contributed by atoms with Crippen LogP contribution in [0.1, 0.15) is 303 Å². The zero-order valence-corrected chi connectivity index (χ0v) is 58.1. The molecule has 0 aromatic rings. The van der Waals surface area contributed by atoms with Crippen molar-refractivity contribution in [2.75, 3.05) is 40.9 Å². The highest BCUT2D eigenvalue weighted by Gasteiger charge is 2.24. The van der Waals surface area contributed by atoms with Crippen molar-refractivity contribution in [2.45, 2.75) is 315 Å². The maximum atomic E-state index is 13.1. The predicted molar refractivity (Wildman–Crippen MR) is 380 cm³/mol. The fourth-order valence-corrected chi connectivity index (χ4v) is 10.8. The van der Waals surface area contributed by atoms with Crippen LogP contribution >= 0.6 is 7.82 Å².